The van der Waals surface area contributed by atoms with Crippen LogP contribution in [0, 0.1) is 17.5 Å². The molecule has 0 radical (unpaired) electrons. The smallest absolute Gasteiger partial charge is 0.267 e. The van der Waals surface area contributed by atoms with Crippen LogP contribution in [0.5, 0.6) is 0 Å². The number of amides is 1. The first-order chi connectivity index (χ1) is 10.6. The number of nitrogens with two attached hydrogens (primary N) is 1. The first kappa shape index (κ1) is 17.1. The number of primary amides is 1. The van der Waals surface area contributed by atoms with Gasteiger partial charge in [-0.2, -0.15) is 0 Å². The van der Waals surface area contributed by atoms with E-state index in [-0.39, 0.29) is 17.3 Å². The standard InChI is InChI=1S/C13H8ClF3N2O3S/c14-10-8(15)5-9(16)12(11(10)17)23(21,22)19-7-3-1-6(2-4-7)13(18)20/h1-5,19H,(H2,18,20). The van der Waals surface area contributed by atoms with Crippen LogP contribution >= 0.6 is 11.6 Å². The van der Waals surface area contributed by atoms with Crippen LogP contribution in [0.1, 0.15) is 10.4 Å². The lowest BCUT2D eigenvalue weighted by molar-refractivity contribution is 0.100. The maximum absolute atomic E-state index is 13.8. The molecule has 10 heteroatoms. The van der Waals surface area contributed by atoms with Crippen molar-refractivity contribution in [2.75, 3.05) is 4.72 Å². The number of anilines is 1. The van der Waals surface area contributed by atoms with E-state index in [9.17, 15) is 26.4 Å². The Labute approximate surface area is 133 Å². The van der Waals surface area contributed by atoms with Gasteiger partial charge in [-0.25, -0.2) is 21.6 Å². The van der Waals surface area contributed by atoms with Gasteiger partial charge in [-0.05, 0) is 24.3 Å². The number of rotatable bonds is 4. The second-order valence-corrected chi connectivity index (χ2v) is 6.34. The number of halogens is 4. The van der Waals surface area contributed by atoms with E-state index in [1.54, 1.807) is 0 Å². The maximum atomic E-state index is 13.8. The van der Waals surface area contributed by atoms with E-state index in [4.69, 9.17) is 17.3 Å². The highest BCUT2D eigenvalue weighted by Gasteiger charge is 2.28. The van der Waals surface area contributed by atoms with Gasteiger partial charge in [0.05, 0.1) is 0 Å². The average molecular weight is 365 g/mol. The van der Waals surface area contributed by atoms with Crippen molar-refractivity contribution >= 4 is 33.2 Å². The third-order valence-electron chi connectivity index (χ3n) is 2.76. The summed E-state index contributed by atoms with van der Waals surface area (Å²) in [7, 11) is -4.71. The minimum absolute atomic E-state index is 0.0887. The van der Waals surface area contributed by atoms with E-state index >= 15 is 0 Å². The fraction of sp³-hybridized carbons (Fsp3) is 0. The molecule has 0 spiro atoms. The third kappa shape index (κ3) is 3.40. The summed E-state index contributed by atoms with van der Waals surface area (Å²) >= 11 is 5.26. The van der Waals surface area contributed by atoms with Crippen LogP contribution in [0.3, 0.4) is 0 Å². The van der Waals surface area contributed by atoms with Crippen molar-refractivity contribution in [2.24, 2.45) is 5.73 Å². The number of carbonyl (C=O) groups is 1. The quantitative estimate of drug-likeness (QED) is 0.645. The van der Waals surface area contributed by atoms with Crippen LogP contribution in [0.15, 0.2) is 35.2 Å². The fourth-order valence-electron chi connectivity index (χ4n) is 1.70. The summed E-state index contributed by atoms with van der Waals surface area (Å²) < 4.78 is 66.5. The Morgan fingerprint density at radius 1 is 1.09 bits per heavy atom. The third-order valence-corrected chi connectivity index (χ3v) is 4.53. The van der Waals surface area contributed by atoms with Crippen molar-refractivity contribution in [3.63, 3.8) is 0 Å². The molecule has 0 saturated heterocycles. The van der Waals surface area contributed by atoms with Gasteiger partial charge in [-0.15, -0.1) is 0 Å². The number of hydrogen-bond donors (Lipinski definition) is 2. The molecule has 23 heavy (non-hydrogen) atoms. The molecule has 0 fully saturated rings. The second-order valence-electron chi connectivity index (χ2n) is 4.34. The largest absolute Gasteiger partial charge is 0.366 e. The van der Waals surface area contributed by atoms with E-state index in [0.29, 0.717) is 0 Å². The second kappa shape index (κ2) is 6.09. The Hall–Kier alpha value is -2.26. The van der Waals surface area contributed by atoms with Crippen molar-refractivity contribution in [2.45, 2.75) is 4.90 Å². The first-order valence-corrected chi connectivity index (χ1v) is 7.75. The summed E-state index contributed by atoms with van der Waals surface area (Å²) in [6.07, 6.45) is 0. The molecule has 0 heterocycles. The van der Waals surface area contributed by atoms with Crippen molar-refractivity contribution in [3.05, 3.63) is 58.4 Å². The molecule has 0 aromatic heterocycles. The van der Waals surface area contributed by atoms with Crippen molar-refractivity contribution < 1.29 is 26.4 Å². The Kier molecular flexibility index (Phi) is 4.53. The van der Waals surface area contributed by atoms with Gasteiger partial charge >= 0.3 is 0 Å². The predicted molar refractivity (Wildman–Crippen MR) is 77.1 cm³/mol. The maximum Gasteiger partial charge on any atom is 0.267 e. The monoisotopic (exact) mass is 364 g/mol. The summed E-state index contributed by atoms with van der Waals surface area (Å²) in [6, 6.07) is 4.92. The zero-order chi connectivity index (χ0) is 17.4. The zero-order valence-electron chi connectivity index (χ0n) is 11.1. The summed E-state index contributed by atoms with van der Waals surface area (Å²) in [5.41, 5.74) is 5.04. The van der Waals surface area contributed by atoms with E-state index in [2.05, 4.69) is 0 Å². The van der Waals surface area contributed by atoms with Gasteiger partial charge in [-0.3, -0.25) is 9.52 Å². The SMILES string of the molecule is NC(=O)c1ccc(NS(=O)(=O)c2c(F)cc(F)c(Cl)c2F)cc1. The molecule has 0 aliphatic rings. The number of carbonyl (C=O) groups excluding carboxylic acids is 1. The van der Waals surface area contributed by atoms with Crippen LogP contribution in [0.25, 0.3) is 0 Å². The number of benzene rings is 2. The number of nitrogens with one attached hydrogen (secondary N) is 1. The van der Waals surface area contributed by atoms with Gasteiger partial charge in [-0.1, -0.05) is 11.6 Å². The molecule has 0 aliphatic carbocycles. The molecule has 1 amide bonds. The molecule has 0 aliphatic heterocycles. The van der Waals surface area contributed by atoms with Crippen molar-refractivity contribution in [1.82, 2.24) is 0 Å². The molecular formula is C13H8ClF3N2O3S. The summed E-state index contributed by atoms with van der Waals surface area (Å²) in [5.74, 6) is -5.54. The zero-order valence-corrected chi connectivity index (χ0v) is 12.7. The van der Waals surface area contributed by atoms with Crippen LogP contribution in [-0.4, -0.2) is 14.3 Å². The highest BCUT2D eigenvalue weighted by Crippen LogP contribution is 2.29. The number of hydrogen-bond acceptors (Lipinski definition) is 3. The van der Waals surface area contributed by atoms with Crippen LogP contribution in [0.4, 0.5) is 18.9 Å². The normalized spacial score (nSPS) is 11.3. The van der Waals surface area contributed by atoms with E-state index in [1.165, 1.54) is 24.3 Å². The topological polar surface area (TPSA) is 89.3 Å². The lowest BCUT2D eigenvalue weighted by Crippen LogP contribution is -2.17. The molecule has 2 aromatic rings. The Morgan fingerprint density at radius 3 is 2.17 bits per heavy atom. The molecule has 122 valence electrons. The number of sulfonamides is 1. The highest BCUT2D eigenvalue weighted by molar-refractivity contribution is 7.92. The highest BCUT2D eigenvalue weighted by atomic mass is 35.5. The molecule has 0 atom stereocenters. The Balaban J connectivity index is 2.44. The molecule has 5 nitrogen and oxygen atoms in total. The van der Waals surface area contributed by atoms with Gasteiger partial charge in [0.15, 0.2) is 10.7 Å². The van der Waals surface area contributed by atoms with E-state index in [0.717, 1.165) is 0 Å². The fourth-order valence-corrected chi connectivity index (χ4v) is 3.11. The summed E-state index contributed by atoms with van der Waals surface area (Å²) in [6.45, 7) is 0. The van der Waals surface area contributed by atoms with Gasteiger partial charge in [0, 0.05) is 17.3 Å². The molecule has 0 bridgehead atoms. The lowest BCUT2D eigenvalue weighted by atomic mass is 10.2. The van der Waals surface area contributed by atoms with Gasteiger partial charge in [0.1, 0.15) is 16.7 Å². The predicted octanol–water partition coefficient (Wildman–Crippen LogP) is 2.66. The van der Waals surface area contributed by atoms with Crippen molar-refractivity contribution in [3.8, 4) is 0 Å². The van der Waals surface area contributed by atoms with Crippen LogP contribution in [0.2, 0.25) is 5.02 Å². The molecule has 3 N–H and O–H groups in total. The first-order valence-electron chi connectivity index (χ1n) is 5.89. The molecular weight excluding hydrogens is 357 g/mol. The van der Waals surface area contributed by atoms with Gasteiger partial charge in [0.2, 0.25) is 5.91 Å². The van der Waals surface area contributed by atoms with Crippen LogP contribution < -0.4 is 10.5 Å². The lowest BCUT2D eigenvalue weighted by Gasteiger charge is -2.11. The van der Waals surface area contributed by atoms with Gasteiger partial charge < -0.3 is 5.73 Å². The minimum atomic E-state index is -4.71. The molecule has 0 saturated carbocycles. The van der Waals surface area contributed by atoms with E-state index in [1.807, 2.05) is 4.72 Å². The van der Waals surface area contributed by atoms with Gasteiger partial charge in [0.25, 0.3) is 10.0 Å². The van der Waals surface area contributed by atoms with Crippen molar-refractivity contribution in [1.29, 1.82) is 0 Å². The Bertz CT molecular complexity index is 886. The van der Waals surface area contributed by atoms with Crippen LogP contribution in [-0.2, 0) is 10.0 Å². The summed E-state index contributed by atoms with van der Waals surface area (Å²) in [5, 5.41) is -1.14. The Morgan fingerprint density at radius 2 is 1.65 bits per heavy atom. The summed E-state index contributed by atoms with van der Waals surface area (Å²) in [4.78, 5) is 9.50. The minimum Gasteiger partial charge on any atom is -0.366 e. The molecule has 2 rings (SSSR count). The average Bonchev–Trinajstić information content (AvgIpc) is 2.44. The van der Waals surface area contributed by atoms with E-state index < -0.39 is 43.3 Å². The molecule has 0 unspecified atom stereocenters. The molecule has 2 aromatic carbocycles.